The van der Waals surface area contributed by atoms with E-state index in [4.69, 9.17) is 9.84 Å². The van der Waals surface area contributed by atoms with Gasteiger partial charge in [0.1, 0.15) is 6.61 Å². The lowest BCUT2D eigenvalue weighted by Gasteiger charge is -2.08. The Labute approximate surface area is 103 Å². The van der Waals surface area contributed by atoms with Crippen molar-refractivity contribution in [1.29, 1.82) is 0 Å². The third-order valence-electron chi connectivity index (χ3n) is 2.42. The Morgan fingerprint density at radius 2 is 1.89 bits per heavy atom. The molecule has 0 aromatic heterocycles. The molecule has 92 valence electrons. The molecule has 0 fully saturated rings. The van der Waals surface area contributed by atoms with E-state index in [1.165, 1.54) is 12.1 Å². The number of ether oxygens (including phenoxy) is 1. The van der Waals surface area contributed by atoms with E-state index >= 15 is 0 Å². The van der Waals surface area contributed by atoms with E-state index in [9.17, 15) is 9.18 Å². The zero-order valence-corrected chi connectivity index (χ0v) is 9.47. The van der Waals surface area contributed by atoms with Crippen LogP contribution >= 0.6 is 0 Å². The lowest BCUT2D eigenvalue weighted by Crippen LogP contribution is -2.01. The third-order valence-corrected chi connectivity index (χ3v) is 2.42. The van der Waals surface area contributed by atoms with Crippen molar-refractivity contribution in [3.63, 3.8) is 0 Å². The van der Waals surface area contributed by atoms with Crippen molar-refractivity contribution in [2.24, 2.45) is 0 Å². The molecule has 0 atom stereocenters. The number of rotatable bonds is 4. The molecule has 0 saturated heterocycles. The highest BCUT2D eigenvalue weighted by atomic mass is 19.1. The van der Waals surface area contributed by atoms with Gasteiger partial charge in [-0.05, 0) is 23.8 Å². The zero-order chi connectivity index (χ0) is 13.0. The van der Waals surface area contributed by atoms with Gasteiger partial charge in [0.05, 0.1) is 5.56 Å². The highest BCUT2D eigenvalue weighted by molar-refractivity contribution is 5.88. The molecule has 2 aromatic carbocycles. The maximum absolute atomic E-state index is 13.4. The van der Waals surface area contributed by atoms with Gasteiger partial charge in [-0.3, -0.25) is 0 Å². The summed E-state index contributed by atoms with van der Waals surface area (Å²) in [6.45, 7) is 0.195. The van der Waals surface area contributed by atoms with Crippen molar-refractivity contribution >= 4 is 5.97 Å². The molecule has 0 bridgehead atoms. The third kappa shape index (κ3) is 2.85. The molecular formula is C14H11FO3. The topological polar surface area (TPSA) is 46.5 Å². The van der Waals surface area contributed by atoms with Gasteiger partial charge in [-0.2, -0.15) is 0 Å². The first-order chi connectivity index (χ1) is 8.66. The molecule has 1 N–H and O–H groups in total. The van der Waals surface area contributed by atoms with Gasteiger partial charge in [0.15, 0.2) is 11.6 Å². The predicted octanol–water partition coefficient (Wildman–Crippen LogP) is 3.10. The number of halogens is 1. The SMILES string of the molecule is O=C(O)c1ccc(F)c(OCc2ccccc2)c1. The fraction of sp³-hybridized carbons (Fsp3) is 0.0714. The van der Waals surface area contributed by atoms with E-state index in [-0.39, 0.29) is 17.9 Å². The van der Waals surface area contributed by atoms with Gasteiger partial charge < -0.3 is 9.84 Å². The highest BCUT2D eigenvalue weighted by Gasteiger charge is 2.09. The average Bonchev–Trinajstić information content (AvgIpc) is 2.38. The van der Waals surface area contributed by atoms with Crippen LogP contribution in [0.2, 0.25) is 0 Å². The van der Waals surface area contributed by atoms with Gasteiger partial charge in [0, 0.05) is 0 Å². The zero-order valence-electron chi connectivity index (χ0n) is 9.47. The molecular weight excluding hydrogens is 235 g/mol. The van der Waals surface area contributed by atoms with Crippen molar-refractivity contribution in [2.45, 2.75) is 6.61 Å². The van der Waals surface area contributed by atoms with Crippen molar-refractivity contribution in [3.05, 3.63) is 65.5 Å². The minimum Gasteiger partial charge on any atom is -0.486 e. The number of carboxylic acid groups (broad SMARTS) is 1. The molecule has 2 aromatic rings. The van der Waals surface area contributed by atoms with Crippen LogP contribution in [0.1, 0.15) is 15.9 Å². The Hall–Kier alpha value is -2.36. The lowest BCUT2D eigenvalue weighted by molar-refractivity contribution is 0.0696. The summed E-state index contributed by atoms with van der Waals surface area (Å²) >= 11 is 0. The van der Waals surface area contributed by atoms with Gasteiger partial charge in [0.2, 0.25) is 0 Å². The van der Waals surface area contributed by atoms with E-state index in [1.807, 2.05) is 30.3 Å². The summed E-state index contributed by atoms with van der Waals surface area (Å²) in [7, 11) is 0. The van der Waals surface area contributed by atoms with Gasteiger partial charge in [-0.15, -0.1) is 0 Å². The minimum atomic E-state index is -1.11. The molecule has 0 heterocycles. The van der Waals surface area contributed by atoms with Crippen LogP contribution in [0.15, 0.2) is 48.5 Å². The summed E-state index contributed by atoms with van der Waals surface area (Å²) in [6.07, 6.45) is 0. The quantitative estimate of drug-likeness (QED) is 0.901. The average molecular weight is 246 g/mol. The number of aromatic carboxylic acids is 1. The number of hydrogen-bond donors (Lipinski definition) is 1. The summed E-state index contributed by atoms with van der Waals surface area (Å²) in [6, 6.07) is 12.7. The molecule has 4 heteroatoms. The molecule has 0 aliphatic heterocycles. The van der Waals surface area contributed by atoms with Crippen LogP contribution in [0.5, 0.6) is 5.75 Å². The van der Waals surface area contributed by atoms with Crippen LogP contribution < -0.4 is 4.74 Å². The van der Waals surface area contributed by atoms with Crippen LogP contribution in [0.4, 0.5) is 4.39 Å². The first kappa shape index (κ1) is 12.1. The van der Waals surface area contributed by atoms with Crippen LogP contribution in [0.25, 0.3) is 0 Å². The lowest BCUT2D eigenvalue weighted by atomic mass is 10.2. The second-order valence-corrected chi connectivity index (χ2v) is 3.72. The first-order valence-electron chi connectivity index (χ1n) is 5.36. The minimum absolute atomic E-state index is 0.000498. The molecule has 0 aliphatic rings. The summed E-state index contributed by atoms with van der Waals surface area (Å²) in [5.74, 6) is -1.74. The van der Waals surface area contributed by atoms with Gasteiger partial charge >= 0.3 is 5.97 Å². The van der Waals surface area contributed by atoms with Gasteiger partial charge in [-0.1, -0.05) is 30.3 Å². The Balaban J connectivity index is 2.14. The predicted molar refractivity (Wildman–Crippen MR) is 64.1 cm³/mol. The standard InChI is InChI=1S/C14H11FO3/c15-12-7-6-11(14(16)17)8-13(12)18-9-10-4-2-1-3-5-10/h1-8H,9H2,(H,16,17). The van der Waals surface area contributed by atoms with Crippen LogP contribution in [-0.2, 0) is 6.61 Å². The molecule has 0 saturated carbocycles. The Morgan fingerprint density at radius 3 is 2.56 bits per heavy atom. The van der Waals surface area contributed by atoms with Crippen molar-refractivity contribution in [3.8, 4) is 5.75 Å². The molecule has 0 radical (unpaired) electrons. The molecule has 0 unspecified atom stereocenters. The van der Waals surface area contributed by atoms with Gasteiger partial charge in [0.25, 0.3) is 0 Å². The molecule has 18 heavy (non-hydrogen) atoms. The van der Waals surface area contributed by atoms with Crippen LogP contribution in [0, 0.1) is 5.82 Å². The normalized spacial score (nSPS) is 10.1. The summed E-state index contributed by atoms with van der Waals surface area (Å²) in [5.41, 5.74) is 0.886. The first-order valence-corrected chi connectivity index (χ1v) is 5.36. The van der Waals surface area contributed by atoms with E-state index in [2.05, 4.69) is 0 Å². The van der Waals surface area contributed by atoms with Crippen LogP contribution in [-0.4, -0.2) is 11.1 Å². The largest absolute Gasteiger partial charge is 0.486 e. The molecule has 0 aliphatic carbocycles. The fourth-order valence-electron chi connectivity index (χ4n) is 1.48. The molecule has 3 nitrogen and oxygen atoms in total. The summed E-state index contributed by atoms with van der Waals surface area (Å²) in [4.78, 5) is 10.8. The second kappa shape index (κ2) is 5.31. The van der Waals surface area contributed by atoms with Crippen LogP contribution in [0.3, 0.4) is 0 Å². The number of carboxylic acids is 1. The van der Waals surface area contributed by atoms with E-state index < -0.39 is 11.8 Å². The van der Waals surface area contributed by atoms with Crippen molar-refractivity contribution in [2.75, 3.05) is 0 Å². The highest BCUT2D eigenvalue weighted by Crippen LogP contribution is 2.20. The summed E-state index contributed by atoms with van der Waals surface area (Å²) in [5, 5.41) is 8.81. The number of carbonyl (C=O) groups is 1. The number of benzene rings is 2. The molecule has 0 spiro atoms. The maximum Gasteiger partial charge on any atom is 0.335 e. The Bertz CT molecular complexity index is 552. The molecule has 2 rings (SSSR count). The smallest absolute Gasteiger partial charge is 0.335 e. The monoisotopic (exact) mass is 246 g/mol. The Kier molecular flexibility index (Phi) is 3.57. The maximum atomic E-state index is 13.4. The van der Waals surface area contributed by atoms with Gasteiger partial charge in [-0.25, -0.2) is 9.18 Å². The van der Waals surface area contributed by atoms with Crippen molar-refractivity contribution < 1.29 is 19.0 Å². The number of hydrogen-bond acceptors (Lipinski definition) is 2. The molecule has 0 amide bonds. The van der Waals surface area contributed by atoms with E-state index in [1.54, 1.807) is 0 Å². The van der Waals surface area contributed by atoms with E-state index in [0.29, 0.717) is 0 Å². The Morgan fingerprint density at radius 1 is 1.17 bits per heavy atom. The summed E-state index contributed by atoms with van der Waals surface area (Å²) < 4.78 is 18.7. The second-order valence-electron chi connectivity index (χ2n) is 3.72. The van der Waals surface area contributed by atoms with Crippen molar-refractivity contribution in [1.82, 2.24) is 0 Å². The van der Waals surface area contributed by atoms with E-state index in [0.717, 1.165) is 11.6 Å². The fourth-order valence-corrected chi connectivity index (χ4v) is 1.48.